The first-order valence-electron chi connectivity index (χ1n) is 13.8. The third kappa shape index (κ3) is 5.60. The summed E-state index contributed by atoms with van der Waals surface area (Å²) in [6.45, 7) is 2.56. The van der Waals surface area contributed by atoms with Gasteiger partial charge in [-0.1, -0.05) is 11.6 Å². The molecule has 0 bridgehead atoms. The molecular weight excluding hydrogens is 552 g/mol. The highest BCUT2D eigenvalue weighted by molar-refractivity contribution is 7.13. The van der Waals surface area contributed by atoms with Crippen LogP contribution in [-0.2, 0) is 17.8 Å². The van der Waals surface area contributed by atoms with E-state index < -0.39 is 12.1 Å². The maximum absolute atomic E-state index is 13.4. The van der Waals surface area contributed by atoms with Crippen LogP contribution in [0.25, 0.3) is 10.9 Å². The van der Waals surface area contributed by atoms with E-state index in [0.29, 0.717) is 54.5 Å². The Labute approximate surface area is 241 Å². The predicted octanol–water partition coefficient (Wildman–Crippen LogP) is 2.56. The number of β-amino-alcohol motifs (C(OH)–C–C–N with tert-alkyl or cyclic N) is 1. The van der Waals surface area contributed by atoms with Crippen molar-refractivity contribution in [2.24, 2.45) is 5.92 Å². The van der Waals surface area contributed by atoms with Gasteiger partial charge in [0.2, 0.25) is 5.91 Å². The number of carbonyl (C=O) groups is 3. The van der Waals surface area contributed by atoms with Gasteiger partial charge in [-0.3, -0.25) is 14.4 Å². The number of H-pyrrole nitrogens is 1. The van der Waals surface area contributed by atoms with E-state index in [0.717, 1.165) is 41.0 Å². The van der Waals surface area contributed by atoms with E-state index in [-0.39, 0.29) is 29.7 Å². The lowest BCUT2D eigenvalue weighted by molar-refractivity contribution is -0.136. The fourth-order valence-corrected chi connectivity index (χ4v) is 7.32. The Hall–Kier alpha value is -2.99. The zero-order valence-electron chi connectivity index (χ0n) is 22.3. The van der Waals surface area contributed by atoms with Crippen LogP contribution in [0.3, 0.4) is 0 Å². The van der Waals surface area contributed by atoms with Gasteiger partial charge in [-0.05, 0) is 57.0 Å². The Bertz CT molecular complexity index is 1460. The number of fused-ring (bicyclic) bond motifs is 2. The molecule has 6 rings (SSSR count). The molecular formula is C28H33ClN6O4S. The van der Waals surface area contributed by atoms with Crippen LogP contribution in [0.2, 0.25) is 5.02 Å². The van der Waals surface area contributed by atoms with Gasteiger partial charge < -0.3 is 30.5 Å². The standard InChI is InChI=1S/C28H33ClN6O4S/c1-34-8-7-21-24(14-34)40-27(33-21)26(38)32-22-11-15(28(39)35-9-6-18(36)13-35)2-4-20(22)31-25(37)23-12-16-10-17(29)3-5-19(16)30-23/h3,5,10,12,15,18,20,22,30,36H,2,4,6-9,11,13-14H2,1H3,(H,31,37)(H,32,38)/t15-,18+,20-,22+/m0/s1. The number of benzene rings is 1. The van der Waals surface area contributed by atoms with Crippen LogP contribution >= 0.6 is 22.9 Å². The number of likely N-dealkylation sites (tertiary alicyclic amines) is 1. The topological polar surface area (TPSA) is 131 Å². The van der Waals surface area contributed by atoms with Crippen molar-refractivity contribution in [3.8, 4) is 0 Å². The lowest BCUT2D eigenvalue weighted by Crippen LogP contribution is -2.56. The second kappa shape index (κ2) is 11.1. The van der Waals surface area contributed by atoms with Gasteiger partial charge in [-0.25, -0.2) is 4.98 Å². The molecule has 212 valence electrons. The molecule has 2 aromatic heterocycles. The first-order chi connectivity index (χ1) is 19.2. The van der Waals surface area contributed by atoms with Crippen molar-refractivity contribution >= 4 is 51.6 Å². The monoisotopic (exact) mass is 584 g/mol. The molecule has 40 heavy (non-hydrogen) atoms. The summed E-state index contributed by atoms with van der Waals surface area (Å²) in [5.74, 6) is -0.856. The molecule has 0 spiro atoms. The van der Waals surface area contributed by atoms with Gasteiger partial charge in [0.15, 0.2) is 5.01 Å². The lowest BCUT2D eigenvalue weighted by atomic mass is 9.81. The number of hydrogen-bond acceptors (Lipinski definition) is 7. The minimum atomic E-state index is -0.490. The fraction of sp³-hybridized carbons (Fsp3) is 0.500. The molecule has 2 aliphatic heterocycles. The van der Waals surface area contributed by atoms with Crippen LogP contribution in [0.4, 0.5) is 0 Å². The lowest BCUT2D eigenvalue weighted by Gasteiger charge is -2.37. The van der Waals surface area contributed by atoms with Crippen LogP contribution in [0.5, 0.6) is 0 Å². The number of nitrogens with zero attached hydrogens (tertiary/aromatic N) is 3. The molecule has 10 nitrogen and oxygen atoms in total. The highest BCUT2D eigenvalue weighted by atomic mass is 35.5. The van der Waals surface area contributed by atoms with Crippen molar-refractivity contribution in [3.63, 3.8) is 0 Å². The highest BCUT2D eigenvalue weighted by Crippen LogP contribution is 2.30. The Kier molecular flexibility index (Phi) is 7.56. The number of nitrogens with one attached hydrogen (secondary N) is 3. The van der Waals surface area contributed by atoms with Crippen LogP contribution in [-0.4, -0.2) is 87.5 Å². The second-order valence-electron chi connectivity index (χ2n) is 11.2. The molecule has 1 saturated heterocycles. The van der Waals surface area contributed by atoms with E-state index in [9.17, 15) is 19.5 Å². The van der Waals surface area contributed by atoms with Crippen LogP contribution in [0.15, 0.2) is 24.3 Å². The molecule has 4 heterocycles. The van der Waals surface area contributed by atoms with Gasteiger partial charge in [-0.2, -0.15) is 0 Å². The first-order valence-corrected chi connectivity index (χ1v) is 15.0. The minimum absolute atomic E-state index is 0.000761. The molecule has 1 aromatic carbocycles. The highest BCUT2D eigenvalue weighted by Gasteiger charge is 2.39. The van der Waals surface area contributed by atoms with Gasteiger partial charge in [0.25, 0.3) is 11.8 Å². The van der Waals surface area contributed by atoms with E-state index >= 15 is 0 Å². The number of amides is 3. The van der Waals surface area contributed by atoms with Crippen molar-refractivity contribution in [2.45, 2.75) is 56.8 Å². The second-order valence-corrected chi connectivity index (χ2v) is 12.7. The molecule has 12 heteroatoms. The van der Waals surface area contributed by atoms with Gasteiger partial charge in [0, 0.05) is 65.4 Å². The Morgan fingerprint density at radius 2 is 1.93 bits per heavy atom. The Morgan fingerprint density at radius 1 is 1.10 bits per heavy atom. The minimum Gasteiger partial charge on any atom is -0.391 e. The number of thiazole rings is 1. The zero-order chi connectivity index (χ0) is 28.0. The van der Waals surface area contributed by atoms with Crippen molar-refractivity contribution < 1.29 is 19.5 Å². The normalized spacial score (nSPS) is 25.1. The molecule has 3 amide bonds. The Balaban J connectivity index is 1.20. The summed E-state index contributed by atoms with van der Waals surface area (Å²) >= 11 is 7.52. The summed E-state index contributed by atoms with van der Waals surface area (Å²) in [6.07, 6.45) is 2.43. The van der Waals surface area contributed by atoms with Crippen LogP contribution in [0.1, 0.15) is 56.5 Å². The number of rotatable bonds is 5. The number of carbonyl (C=O) groups excluding carboxylic acids is 3. The van der Waals surface area contributed by atoms with Gasteiger partial charge >= 0.3 is 0 Å². The van der Waals surface area contributed by atoms with E-state index in [4.69, 9.17) is 11.6 Å². The third-order valence-electron chi connectivity index (χ3n) is 8.25. The van der Waals surface area contributed by atoms with Gasteiger partial charge in [0.1, 0.15) is 5.69 Å². The fourth-order valence-electron chi connectivity index (χ4n) is 6.05. The maximum Gasteiger partial charge on any atom is 0.280 e. The molecule has 0 radical (unpaired) electrons. The Morgan fingerprint density at radius 3 is 2.73 bits per heavy atom. The van der Waals surface area contributed by atoms with E-state index in [1.165, 1.54) is 11.3 Å². The summed E-state index contributed by atoms with van der Waals surface area (Å²) in [7, 11) is 2.05. The summed E-state index contributed by atoms with van der Waals surface area (Å²) in [6, 6.07) is 6.34. The molecule has 2 fully saturated rings. The quantitative estimate of drug-likeness (QED) is 0.365. The summed E-state index contributed by atoms with van der Waals surface area (Å²) in [5, 5.41) is 18.0. The number of hydrogen-bond donors (Lipinski definition) is 4. The number of halogens is 1. The largest absolute Gasteiger partial charge is 0.391 e. The maximum atomic E-state index is 13.4. The molecule has 1 saturated carbocycles. The zero-order valence-corrected chi connectivity index (χ0v) is 23.9. The van der Waals surface area contributed by atoms with E-state index in [1.54, 1.807) is 23.1 Å². The predicted molar refractivity (Wildman–Crippen MR) is 153 cm³/mol. The molecule has 4 atom stereocenters. The van der Waals surface area contributed by atoms with Crippen molar-refractivity contribution in [3.05, 3.63) is 50.6 Å². The van der Waals surface area contributed by atoms with Gasteiger partial charge in [0.05, 0.1) is 17.8 Å². The molecule has 3 aliphatic rings. The average Bonchev–Trinajstić information content (AvgIpc) is 3.66. The molecule has 1 aliphatic carbocycles. The van der Waals surface area contributed by atoms with Crippen LogP contribution in [0, 0.1) is 5.92 Å². The number of aromatic amines is 1. The number of aromatic nitrogens is 2. The summed E-state index contributed by atoms with van der Waals surface area (Å²) in [4.78, 5) is 52.7. The van der Waals surface area contributed by atoms with E-state index in [2.05, 4.69) is 32.5 Å². The number of aliphatic hydroxyl groups excluding tert-OH is 1. The summed E-state index contributed by atoms with van der Waals surface area (Å²) < 4.78 is 0. The average molecular weight is 585 g/mol. The first kappa shape index (κ1) is 27.2. The SMILES string of the molecule is CN1CCc2nc(C(=O)N[C@@H]3C[C@@H](C(=O)N4CC[C@@H](O)C4)CC[C@@H]3NC(=O)c3cc4cc(Cl)ccc4[nH]3)sc2C1. The smallest absolute Gasteiger partial charge is 0.280 e. The van der Waals surface area contributed by atoms with Crippen molar-refractivity contribution in [2.75, 3.05) is 26.7 Å². The van der Waals surface area contributed by atoms with Crippen molar-refractivity contribution in [1.82, 2.24) is 30.4 Å². The number of aliphatic hydroxyl groups is 1. The van der Waals surface area contributed by atoms with Gasteiger partial charge in [-0.15, -0.1) is 11.3 Å². The molecule has 0 unspecified atom stereocenters. The van der Waals surface area contributed by atoms with Crippen molar-refractivity contribution in [1.29, 1.82) is 0 Å². The number of likely N-dealkylation sites (N-methyl/N-ethyl adjacent to an activating group) is 1. The summed E-state index contributed by atoms with van der Waals surface area (Å²) in [5.41, 5.74) is 2.18. The molecule has 4 N–H and O–H groups in total. The third-order valence-corrected chi connectivity index (χ3v) is 9.57. The molecule has 3 aromatic rings. The van der Waals surface area contributed by atoms with Crippen LogP contribution < -0.4 is 10.6 Å². The van der Waals surface area contributed by atoms with E-state index in [1.807, 2.05) is 6.07 Å².